The van der Waals surface area contributed by atoms with Crippen LogP contribution in [-0.2, 0) is 0 Å². The Bertz CT molecular complexity index is 198. The third kappa shape index (κ3) is 1.95. The minimum absolute atomic E-state index is 0.0909. The van der Waals surface area contributed by atoms with E-state index in [1.165, 1.54) is 12.8 Å². The Morgan fingerprint density at radius 3 is 2.64 bits per heavy atom. The molecule has 2 rings (SSSR count). The molecule has 1 heterocycles. The van der Waals surface area contributed by atoms with E-state index in [0.717, 1.165) is 25.8 Å². The number of hydrogen-bond acceptors (Lipinski definition) is 3. The van der Waals surface area contributed by atoms with Gasteiger partial charge in [-0.15, -0.1) is 0 Å². The molecule has 3 nitrogen and oxygen atoms in total. The van der Waals surface area contributed by atoms with Gasteiger partial charge in [0.05, 0.1) is 6.10 Å². The van der Waals surface area contributed by atoms with Crippen molar-refractivity contribution in [3.05, 3.63) is 0 Å². The molecule has 0 aromatic rings. The molecule has 0 spiro atoms. The van der Waals surface area contributed by atoms with Crippen LogP contribution in [0.5, 0.6) is 0 Å². The summed E-state index contributed by atoms with van der Waals surface area (Å²) in [5.74, 6) is 0. The van der Waals surface area contributed by atoms with Crippen molar-refractivity contribution < 1.29 is 5.11 Å². The van der Waals surface area contributed by atoms with Gasteiger partial charge in [0, 0.05) is 24.7 Å². The van der Waals surface area contributed by atoms with Gasteiger partial charge in [0.25, 0.3) is 0 Å². The SMILES string of the molecule is CC1CC(N)CCN1C1CCCC1O. The molecule has 1 saturated carbocycles. The number of aliphatic hydroxyl groups excluding tert-OH is 1. The van der Waals surface area contributed by atoms with Gasteiger partial charge >= 0.3 is 0 Å². The van der Waals surface area contributed by atoms with Crippen molar-refractivity contribution in [2.24, 2.45) is 5.73 Å². The Hall–Kier alpha value is -0.120. The lowest BCUT2D eigenvalue weighted by Gasteiger charge is -2.41. The second kappa shape index (κ2) is 4.17. The first-order valence-electron chi connectivity index (χ1n) is 5.88. The maximum absolute atomic E-state index is 9.85. The Kier molecular flexibility index (Phi) is 3.10. The van der Waals surface area contributed by atoms with Gasteiger partial charge in [0.2, 0.25) is 0 Å². The maximum Gasteiger partial charge on any atom is 0.0695 e. The van der Waals surface area contributed by atoms with Gasteiger partial charge in [-0.25, -0.2) is 0 Å². The molecule has 1 aliphatic carbocycles. The summed E-state index contributed by atoms with van der Waals surface area (Å²) in [7, 11) is 0. The van der Waals surface area contributed by atoms with Crippen LogP contribution in [-0.4, -0.2) is 40.8 Å². The lowest BCUT2D eigenvalue weighted by molar-refractivity contribution is 0.0265. The summed E-state index contributed by atoms with van der Waals surface area (Å²) >= 11 is 0. The van der Waals surface area contributed by atoms with Crippen molar-refractivity contribution in [3.63, 3.8) is 0 Å². The monoisotopic (exact) mass is 198 g/mol. The topological polar surface area (TPSA) is 49.5 Å². The molecule has 2 aliphatic rings. The average Bonchev–Trinajstić information content (AvgIpc) is 2.52. The Morgan fingerprint density at radius 1 is 1.29 bits per heavy atom. The highest BCUT2D eigenvalue weighted by Gasteiger charge is 2.35. The Morgan fingerprint density at radius 2 is 2.07 bits per heavy atom. The molecule has 4 atom stereocenters. The van der Waals surface area contributed by atoms with Gasteiger partial charge in [-0.3, -0.25) is 4.90 Å². The van der Waals surface area contributed by atoms with Gasteiger partial charge in [0.15, 0.2) is 0 Å². The maximum atomic E-state index is 9.85. The average molecular weight is 198 g/mol. The summed E-state index contributed by atoms with van der Waals surface area (Å²) in [6, 6.07) is 1.34. The Balaban J connectivity index is 1.96. The van der Waals surface area contributed by atoms with Crippen molar-refractivity contribution in [3.8, 4) is 0 Å². The first-order valence-corrected chi connectivity index (χ1v) is 5.88. The van der Waals surface area contributed by atoms with Crippen LogP contribution in [0.25, 0.3) is 0 Å². The van der Waals surface area contributed by atoms with E-state index >= 15 is 0 Å². The zero-order valence-corrected chi connectivity index (χ0v) is 9.02. The van der Waals surface area contributed by atoms with E-state index in [-0.39, 0.29) is 6.10 Å². The van der Waals surface area contributed by atoms with Crippen molar-refractivity contribution in [1.82, 2.24) is 4.90 Å². The third-order valence-electron chi connectivity index (χ3n) is 3.84. The van der Waals surface area contributed by atoms with Crippen LogP contribution in [0.4, 0.5) is 0 Å². The molecule has 0 amide bonds. The molecule has 0 aromatic carbocycles. The largest absolute Gasteiger partial charge is 0.391 e. The molecule has 3 N–H and O–H groups in total. The van der Waals surface area contributed by atoms with Gasteiger partial charge in [0.1, 0.15) is 0 Å². The van der Waals surface area contributed by atoms with Crippen LogP contribution >= 0.6 is 0 Å². The van der Waals surface area contributed by atoms with Crippen molar-refractivity contribution in [2.45, 2.75) is 63.3 Å². The van der Waals surface area contributed by atoms with Crippen molar-refractivity contribution in [1.29, 1.82) is 0 Å². The highest BCUT2D eigenvalue weighted by atomic mass is 16.3. The predicted octanol–water partition coefficient (Wildman–Crippen LogP) is 0.711. The van der Waals surface area contributed by atoms with Crippen LogP contribution in [0.1, 0.15) is 39.0 Å². The molecular weight excluding hydrogens is 176 g/mol. The summed E-state index contributed by atoms with van der Waals surface area (Å²) in [5.41, 5.74) is 5.93. The number of piperidine rings is 1. The van der Waals surface area contributed by atoms with E-state index in [0.29, 0.717) is 18.1 Å². The molecular formula is C11H22N2O. The first kappa shape index (κ1) is 10.4. The van der Waals surface area contributed by atoms with E-state index in [2.05, 4.69) is 11.8 Å². The molecule has 0 aromatic heterocycles. The van der Waals surface area contributed by atoms with Gasteiger partial charge in [-0.1, -0.05) is 0 Å². The molecule has 0 radical (unpaired) electrons. The zero-order chi connectivity index (χ0) is 10.1. The normalized spacial score (nSPS) is 45.6. The molecule has 3 heteroatoms. The molecule has 2 fully saturated rings. The van der Waals surface area contributed by atoms with Gasteiger partial charge in [-0.2, -0.15) is 0 Å². The number of rotatable bonds is 1. The molecule has 4 unspecified atom stereocenters. The smallest absolute Gasteiger partial charge is 0.0695 e. The first-order chi connectivity index (χ1) is 6.68. The quantitative estimate of drug-likeness (QED) is 0.652. The lowest BCUT2D eigenvalue weighted by Crippen LogP contribution is -2.52. The fourth-order valence-corrected chi connectivity index (χ4v) is 3.03. The van der Waals surface area contributed by atoms with Crippen LogP contribution in [0, 0.1) is 0 Å². The summed E-state index contributed by atoms with van der Waals surface area (Å²) in [4.78, 5) is 2.47. The minimum Gasteiger partial charge on any atom is -0.391 e. The fourth-order valence-electron chi connectivity index (χ4n) is 3.03. The van der Waals surface area contributed by atoms with Gasteiger partial charge < -0.3 is 10.8 Å². The molecule has 0 bridgehead atoms. The summed E-state index contributed by atoms with van der Waals surface area (Å²) < 4.78 is 0. The van der Waals surface area contributed by atoms with Crippen LogP contribution in [0.15, 0.2) is 0 Å². The van der Waals surface area contributed by atoms with E-state index in [1.807, 2.05) is 0 Å². The van der Waals surface area contributed by atoms with E-state index in [9.17, 15) is 5.11 Å². The summed E-state index contributed by atoms with van der Waals surface area (Å²) in [5, 5.41) is 9.85. The van der Waals surface area contributed by atoms with Crippen LogP contribution < -0.4 is 5.73 Å². The minimum atomic E-state index is -0.0909. The third-order valence-corrected chi connectivity index (χ3v) is 3.84. The van der Waals surface area contributed by atoms with E-state index < -0.39 is 0 Å². The number of likely N-dealkylation sites (tertiary alicyclic amines) is 1. The molecule has 1 saturated heterocycles. The molecule has 14 heavy (non-hydrogen) atoms. The van der Waals surface area contributed by atoms with Crippen molar-refractivity contribution >= 4 is 0 Å². The zero-order valence-electron chi connectivity index (χ0n) is 9.02. The van der Waals surface area contributed by atoms with Crippen LogP contribution in [0.3, 0.4) is 0 Å². The second-order valence-corrected chi connectivity index (χ2v) is 4.94. The summed E-state index contributed by atoms with van der Waals surface area (Å²) in [6.45, 7) is 3.31. The number of nitrogens with zero attached hydrogens (tertiary/aromatic N) is 1. The predicted molar refractivity (Wildman–Crippen MR) is 57.0 cm³/mol. The number of aliphatic hydroxyl groups is 1. The van der Waals surface area contributed by atoms with Crippen molar-refractivity contribution in [2.75, 3.05) is 6.54 Å². The summed E-state index contributed by atoms with van der Waals surface area (Å²) in [6.07, 6.45) is 5.42. The Labute approximate surface area is 86.3 Å². The lowest BCUT2D eigenvalue weighted by atomic mass is 9.96. The number of hydrogen-bond donors (Lipinski definition) is 2. The highest BCUT2D eigenvalue weighted by molar-refractivity contribution is 4.91. The second-order valence-electron chi connectivity index (χ2n) is 4.94. The fraction of sp³-hybridized carbons (Fsp3) is 1.00. The van der Waals surface area contributed by atoms with E-state index in [4.69, 9.17) is 5.73 Å². The highest BCUT2D eigenvalue weighted by Crippen LogP contribution is 2.29. The van der Waals surface area contributed by atoms with Gasteiger partial charge in [-0.05, 0) is 39.0 Å². The molecule has 1 aliphatic heterocycles. The van der Waals surface area contributed by atoms with Crippen LogP contribution in [0.2, 0.25) is 0 Å². The van der Waals surface area contributed by atoms with E-state index in [1.54, 1.807) is 0 Å². The molecule has 82 valence electrons. The number of nitrogens with two attached hydrogens (primary N) is 1. The standard InChI is InChI=1S/C11H22N2O/c1-8-7-9(12)5-6-13(8)10-3-2-4-11(10)14/h8-11,14H,2-7,12H2,1H3.